The van der Waals surface area contributed by atoms with Crippen molar-refractivity contribution in [3.05, 3.63) is 59.2 Å². The van der Waals surface area contributed by atoms with E-state index in [1.54, 1.807) is 0 Å². The summed E-state index contributed by atoms with van der Waals surface area (Å²) in [6.45, 7) is 2.54. The molecular formula is C19H24O2. The Bertz CT molecular complexity index is 532. The molecule has 2 heteroatoms. The van der Waals surface area contributed by atoms with Gasteiger partial charge in [-0.3, -0.25) is 0 Å². The van der Waals surface area contributed by atoms with Gasteiger partial charge in [-0.25, -0.2) is 0 Å². The van der Waals surface area contributed by atoms with Crippen LogP contribution in [-0.4, -0.2) is 23.4 Å². The van der Waals surface area contributed by atoms with Gasteiger partial charge in [-0.15, -0.1) is 0 Å². The van der Waals surface area contributed by atoms with Crippen LogP contribution in [0.3, 0.4) is 0 Å². The number of hydrogen-bond donors (Lipinski definition) is 2. The quantitative estimate of drug-likeness (QED) is 0.817. The smallest absolute Gasteiger partial charge is 0.0434 e. The van der Waals surface area contributed by atoms with Gasteiger partial charge in [0.15, 0.2) is 0 Å². The Kier molecular flexibility index (Phi) is 5.97. The van der Waals surface area contributed by atoms with Gasteiger partial charge in [-0.05, 0) is 54.9 Å². The summed E-state index contributed by atoms with van der Waals surface area (Å²) in [6.07, 6.45) is 3.36. The van der Waals surface area contributed by atoms with Gasteiger partial charge in [0, 0.05) is 13.2 Å². The molecule has 0 fully saturated rings. The van der Waals surface area contributed by atoms with Crippen molar-refractivity contribution in [2.45, 2.75) is 32.6 Å². The highest BCUT2D eigenvalue weighted by Gasteiger charge is 2.04. The van der Waals surface area contributed by atoms with Gasteiger partial charge >= 0.3 is 0 Å². The molecule has 0 aliphatic heterocycles. The van der Waals surface area contributed by atoms with Gasteiger partial charge in [0.2, 0.25) is 0 Å². The average Bonchev–Trinajstić information content (AvgIpc) is 2.51. The highest BCUT2D eigenvalue weighted by molar-refractivity contribution is 5.65. The fourth-order valence-electron chi connectivity index (χ4n) is 2.53. The molecule has 112 valence electrons. The zero-order valence-electron chi connectivity index (χ0n) is 12.7. The molecule has 2 N–H and O–H groups in total. The van der Waals surface area contributed by atoms with E-state index in [1.165, 1.54) is 27.8 Å². The van der Waals surface area contributed by atoms with E-state index in [-0.39, 0.29) is 13.2 Å². The molecule has 2 rings (SSSR count). The van der Waals surface area contributed by atoms with E-state index in [0.29, 0.717) is 0 Å². The number of hydrogen-bond acceptors (Lipinski definition) is 2. The molecular weight excluding hydrogens is 260 g/mol. The Morgan fingerprint density at radius 3 is 1.71 bits per heavy atom. The average molecular weight is 284 g/mol. The number of aliphatic hydroxyl groups is 2. The Hall–Kier alpha value is -1.64. The molecule has 0 saturated heterocycles. The van der Waals surface area contributed by atoms with Crippen LogP contribution in [0.1, 0.15) is 29.5 Å². The normalized spacial score (nSPS) is 10.8. The summed E-state index contributed by atoms with van der Waals surface area (Å²) < 4.78 is 0. The molecule has 0 aliphatic rings. The Balaban J connectivity index is 2.31. The first-order valence-corrected chi connectivity index (χ1v) is 7.64. The molecule has 21 heavy (non-hydrogen) atoms. The summed E-state index contributed by atoms with van der Waals surface area (Å²) in [6, 6.07) is 15.2. The first kappa shape index (κ1) is 15.7. The van der Waals surface area contributed by atoms with Gasteiger partial charge in [-0.1, -0.05) is 48.0 Å². The standard InChI is InChI=1S/C19H24O2/c1-15-6-8-18(9-7-15)19-13-16(4-2-10-20)12-17(14-19)5-3-11-21/h6-9,12-14,20-21H,2-5,10-11H2,1H3. The zero-order valence-corrected chi connectivity index (χ0v) is 12.7. The monoisotopic (exact) mass is 284 g/mol. The van der Waals surface area contributed by atoms with Gasteiger partial charge < -0.3 is 10.2 Å². The van der Waals surface area contributed by atoms with Gasteiger partial charge in [0.1, 0.15) is 0 Å². The Labute approximate surface area is 127 Å². The summed E-state index contributed by atoms with van der Waals surface area (Å²) in [5.74, 6) is 0. The number of aliphatic hydroxyl groups excluding tert-OH is 2. The molecule has 0 amide bonds. The molecule has 0 heterocycles. The van der Waals surface area contributed by atoms with Crippen molar-refractivity contribution in [1.29, 1.82) is 0 Å². The second-order valence-electron chi connectivity index (χ2n) is 5.56. The highest BCUT2D eigenvalue weighted by atomic mass is 16.3. The van der Waals surface area contributed by atoms with Crippen LogP contribution < -0.4 is 0 Å². The first-order valence-electron chi connectivity index (χ1n) is 7.64. The lowest BCUT2D eigenvalue weighted by atomic mass is 9.95. The molecule has 2 nitrogen and oxygen atoms in total. The van der Waals surface area contributed by atoms with Crippen molar-refractivity contribution in [3.63, 3.8) is 0 Å². The van der Waals surface area contributed by atoms with Crippen LogP contribution >= 0.6 is 0 Å². The third-order valence-electron chi connectivity index (χ3n) is 3.68. The van der Waals surface area contributed by atoms with E-state index in [1.807, 2.05) is 0 Å². The second-order valence-corrected chi connectivity index (χ2v) is 5.56. The van der Waals surface area contributed by atoms with Crippen LogP contribution in [0.5, 0.6) is 0 Å². The number of rotatable bonds is 7. The third-order valence-corrected chi connectivity index (χ3v) is 3.68. The highest BCUT2D eigenvalue weighted by Crippen LogP contribution is 2.24. The summed E-state index contributed by atoms with van der Waals surface area (Å²) in [5, 5.41) is 18.0. The third kappa shape index (κ3) is 4.69. The van der Waals surface area contributed by atoms with Crippen molar-refractivity contribution < 1.29 is 10.2 Å². The number of benzene rings is 2. The molecule has 0 bridgehead atoms. The first-order chi connectivity index (χ1) is 10.2. The van der Waals surface area contributed by atoms with Crippen molar-refractivity contribution in [2.75, 3.05) is 13.2 Å². The van der Waals surface area contributed by atoms with Gasteiger partial charge in [-0.2, -0.15) is 0 Å². The van der Waals surface area contributed by atoms with Crippen LogP contribution in [-0.2, 0) is 12.8 Å². The lowest BCUT2D eigenvalue weighted by Crippen LogP contribution is -1.95. The molecule has 0 saturated carbocycles. The molecule has 0 aromatic heterocycles. The van der Waals surface area contributed by atoms with E-state index in [9.17, 15) is 0 Å². The Morgan fingerprint density at radius 1 is 0.714 bits per heavy atom. The molecule has 2 aromatic rings. The fourth-order valence-corrected chi connectivity index (χ4v) is 2.53. The molecule has 0 spiro atoms. The van der Waals surface area contributed by atoms with Crippen LogP contribution in [0.2, 0.25) is 0 Å². The maximum absolute atomic E-state index is 9.02. The lowest BCUT2D eigenvalue weighted by molar-refractivity contribution is 0.288. The molecule has 0 unspecified atom stereocenters. The van der Waals surface area contributed by atoms with Crippen LogP contribution in [0.4, 0.5) is 0 Å². The van der Waals surface area contributed by atoms with Crippen molar-refractivity contribution in [1.82, 2.24) is 0 Å². The molecule has 0 radical (unpaired) electrons. The van der Waals surface area contributed by atoms with E-state index >= 15 is 0 Å². The van der Waals surface area contributed by atoms with Crippen molar-refractivity contribution in [3.8, 4) is 11.1 Å². The van der Waals surface area contributed by atoms with Crippen molar-refractivity contribution in [2.24, 2.45) is 0 Å². The van der Waals surface area contributed by atoms with Crippen LogP contribution in [0, 0.1) is 6.92 Å². The Morgan fingerprint density at radius 2 is 1.24 bits per heavy atom. The minimum atomic E-state index is 0.223. The van der Waals surface area contributed by atoms with Crippen LogP contribution in [0.15, 0.2) is 42.5 Å². The van der Waals surface area contributed by atoms with E-state index in [0.717, 1.165) is 25.7 Å². The largest absolute Gasteiger partial charge is 0.396 e. The summed E-state index contributed by atoms with van der Waals surface area (Å²) in [7, 11) is 0. The molecule has 0 atom stereocenters. The lowest BCUT2D eigenvalue weighted by Gasteiger charge is -2.10. The summed E-state index contributed by atoms with van der Waals surface area (Å²) >= 11 is 0. The van der Waals surface area contributed by atoms with Crippen molar-refractivity contribution >= 4 is 0 Å². The van der Waals surface area contributed by atoms with E-state index in [2.05, 4.69) is 49.4 Å². The second kappa shape index (κ2) is 7.96. The van der Waals surface area contributed by atoms with Crippen LogP contribution in [0.25, 0.3) is 11.1 Å². The van der Waals surface area contributed by atoms with E-state index < -0.39 is 0 Å². The van der Waals surface area contributed by atoms with Gasteiger partial charge in [0.05, 0.1) is 0 Å². The minimum absolute atomic E-state index is 0.223. The number of aryl methyl sites for hydroxylation is 3. The zero-order chi connectivity index (χ0) is 15.1. The summed E-state index contributed by atoms with van der Waals surface area (Å²) in [4.78, 5) is 0. The molecule has 0 aliphatic carbocycles. The van der Waals surface area contributed by atoms with Gasteiger partial charge in [0.25, 0.3) is 0 Å². The topological polar surface area (TPSA) is 40.5 Å². The minimum Gasteiger partial charge on any atom is -0.396 e. The molecule has 2 aromatic carbocycles. The fraction of sp³-hybridized carbons (Fsp3) is 0.368. The predicted octanol–water partition coefficient (Wildman–Crippen LogP) is 3.51. The van der Waals surface area contributed by atoms with E-state index in [4.69, 9.17) is 10.2 Å². The SMILES string of the molecule is Cc1ccc(-c2cc(CCCO)cc(CCCO)c2)cc1. The maximum Gasteiger partial charge on any atom is 0.0434 e. The maximum atomic E-state index is 9.02. The summed E-state index contributed by atoms with van der Waals surface area (Å²) in [5.41, 5.74) is 6.22. The predicted molar refractivity (Wildman–Crippen MR) is 87.4 cm³/mol.